The molecule has 0 saturated heterocycles. The number of nitrogens with two attached hydrogens (primary N) is 1. The van der Waals surface area contributed by atoms with Crippen molar-refractivity contribution in [1.29, 1.82) is 0 Å². The Morgan fingerprint density at radius 1 is 1.05 bits per heavy atom. The average molecular weight is 269 g/mol. The summed E-state index contributed by atoms with van der Waals surface area (Å²) in [7, 11) is 0. The zero-order valence-electron chi connectivity index (χ0n) is 11.5. The highest BCUT2D eigenvalue weighted by atomic mass is 16.1. The zero-order chi connectivity index (χ0) is 13.9. The van der Waals surface area contributed by atoms with Gasteiger partial charge in [0.05, 0.1) is 0 Å². The number of hydrogen-bond donors (Lipinski definition) is 1. The van der Waals surface area contributed by atoms with Crippen molar-refractivity contribution < 1.29 is 0 Å². The zero-order valence-corrected chi connectivity index (χ0v) is 11.5. The Labute approximate surface area is 118 Å². The van der Waals surface area contributed by atoms with E-state index in [2.05, 4.69) is 29.2 Å². The molecular formula is C16H19N3O. The summed E-state index contributed by atoms with van der Waals surface area (Å²) in [6, 6.07) is 11.8. The summed E-state index contributed by atoms with van der Waals surface area (Å²) in [6.07, 6.45) is 2.81. The summed E-state index contributed by atoms with van der Waals surface area (Å²) in [6.45, 7) is 3.57. The number of aromatic nitrogens is 1. The first-order valence-electron chi connectivity index (χ1n) is 6.97. The minimum atomic E-state index is 0.0107. The van der Waals surface area contributed by atoms with E-state index in [4.69, 9.17) is 5.73 Å². The fourth-order valence-corrected chi connectivity index (χ4v) is 2.72. The summed E-state index contributed by atoms with van der Waals surface area (Å²) in [5.41, 5.74) is 9.22. The van der Waals surface area contributed by atoms with Crippen LogP contribution in [0.15, 0.2) is 47.4 Å². The lowest BCUT2D eigenvalue weighted by Crippen LogP contribution is -2.34. The molecule has 0 saturated carbocycles. The summed E-state index contributed by atoms with van der Waals surface area (Å²) in [5.74, 6) is 0. The number of hydrogen-bond acceptors (Lipinski definition) is 3. The number of rotatable bonds is 3. The van der Waals surface area contributed by atoms with Gasteiger partial charge < -0.3 is 10.3 Å². The maximum absolute atomic E-state index is 11.7. The number of nitrogens with zero attached hydrogens (tertiary/aromatic N) is 2. The fraction of sp³-hybridized carbons (Fsp3) is 0.312. The molecule has 2 aromatic rings. The fourth-order valence-electron chi connectivity index (χ4n) is 2.72. The van der Waals surface area contributed by atoms with E-state index >= 15 is 0 Å². The molecule has 3 rings (SSSR count). The predicted molar refractivity (Wildman–Crippen MR) is 80.5 cm³/mol. The number of benzene rings is 1. The number of nitrogen functional groups attached to an aromatic ring is 1. The van der Waals surface area contributed by atoms with Gasteiger partial charge in [0.1, 0.15) is 0 Å². The second-order valence-corrected chi connectivity index (χ2v) is 5.29. The van der Waals surface area contributed by atoms with Gasteiger partial charge in [0, 0.05) is 44.1 Å². The predicted octanol–water partition coefficient (Wildman–Crippen LogP) is 1.49. The molecule has 0 atom stereocenters. The largest absolute Gasteiger partial charge is 0.398 e. The van der Waals surface area contributed by atoms with Crippen LogP contribution < -0.4 is 11.3 Å². The van der Waals surface area contributed by atoms with E-state index in [1.54, 1.807) is 16.8 Å². The Bertz CT molecular complexity index is 663. The molecular weight excluding hydrogens is 250 g/mol. The van der Waals surface area contributed by atoms with E-state index in [-0.39, 0.29) is 5.56 Å². The molecule has 1 aromatic carbocycles. The van der Waals surface area contributed by atoms with Gasteiger partial charge in [-0.05, 0) is 23.6 Å². The molecule has 0 spiro atoms. The molecule has 1 aliphatic rings. The van der Waals surface area contributed by atoms with Crippen LogP contribution >= 0.6 is 0 Å². The van der Waals surface area contributed by atoms with Crippen molar-refractivity contribution in [3.05, 3.63) is 64.1 Å². The molecule has 20 heavy (non-hydrogen) atoms. The van der Waals surface area contributed by atoms with Gasteiger partial charge in [0.15, 0.2) is 0 Å². The highest BCUT2D eigenvalue weighted by Crippen LogP contribution is 2.18. The van der Waals surface area contributed by atoms with E-state index in [1.165, 1.54) is 17.2 Å². The molecule has 0 unspecified atom stereocenters. The molecule has 1 aromatic heterocycles. The lowest BCUT2D eigenvalue weighted by atomic mass is 10.00. The Hall–Kier alpha value is -2.07. The van der Waals surface area contributed by atoms with E-state index < -0.39 is 0 Å². The van der Waals surface area contributed by atoms with Crippen LogP contribution in [-0.4, -0.2) is 22.6 Å². The van der Waals surface area contributed by atoms with Gasteiger partial charge in [-0.15, -0.1) is 0 Å². The van der Waals surface area contributed by atoms with Crippen molar-refractivity contribution in [1.82, 2.24) is 9.47 Å². The normalized spacial score (nSPS) is 15.0. The molecule has 0 amide bonds. The highest BCUT2D eigenvalue weighted by Gasteiger charge is 2.15. The summed E-state index contributed by atoms with van der Waals surface area (Å²) in [5, 5.41) is 0. The van der Waals surface area contributed by atoms with Gasteiger partial charge in [-0.2, -0.15) is 0 Å². The maximum Gasteiger partial charge on any atom is 0.250 e. The van der Waals surface area contributed by atoms with Gasteiger partial charge in [-0.3, -0.25) is 9.69 Å². The van der Waals surface area contributed by atoms with Crippen LogP contribution in [0, 0.1) is 0 Å². The Balaban J connectivity index is 1.66. The molecule has 0 bridgehead atoms. The van der Waals surface area contributed by atoms with Crippen LogP contribution in [0.5, 0.6) is 0 Å². The van der Waals surface area contributed by atoms with Crippen LogP contribution in [0.3, 0.4) is 0 Å². The van der Waals surface area contributed by atoms with Crippen molar-refractivity contribution in [2.75, 3.05) is 18.8 Å². The van der Waals surface area contributed by atoms with Crippen LogP contribution in [0.4, 0.5) is 5.69 Å². The van der Waals surface area contributed by atoms with Gasteiger partial charge in [-0.1, -0.05) is 24.3 Å². The highest BCUT2D eigenvalue weighted by molar-refractivity contribution is 5.33. The SMILES string of the molecule is Nc1ccc(=O)n(CCN2CCc3ccccc3C2)c1. The molecule has 4 heteroatoms. The van der Waals surface area contributed by atoms with Crippen LogP contribution in [0.25, 0.3) is 0 Å². The number of pyridine rings is 1. The first-order valence-corrected chi connectivity index (χ1v) is 6.97. The maximum atomic E-state index is 11.7. The minimum absolute atomic E-state index is 0.0107. The summed E-state index contributed by atoms with van der Waals surface area (Å²) >= 11 is 0. The summed E-state index contributed by atoms with van der Waals surface area (Å²) in [4.78, 5) is 14.1. The topological polar surface area (TPSA) is 51.3 Å². The molecule has 104 valence electrons. The van der Waals surface area contributed by atoms with E-state index in [0.29, 0.717) is 12.2 Å². The van der Waals surface area contributed by atoms with Crippen molar-refractivity contribution >= 4 is 5.69 Å². The van der Waals surface area contributed by atoms with Gasteiger partial charge in [-0.25, -0.2) is 0 Å². The molecule has 0 aliphatic carbocycles. The van der Waals surface area contributed by atoms with Crippen molar-refractivity contribution in [2.24, 2.45) is 0 Å². The Morgan fingerprint density at radius 2 is 1.85 bits per heavy atom. The lowest BCUT2D eigenvalue weighted by Gasteiger charge is -2.28. The van der Waals surface area contributed by atoms with E-state index in [1.807, 2.05) is 0 Å². The van der Waals surface area contributed by atoms with Gasteiger partial charge in [0.2, 0.25) is 0 Å². The number of fused-ring (bicyclic) bond motifs is 1. The molecule has 2 heterocycles. The molecule has 2 N–H and O–H groups in total. The standard InChI is InChI=1S/C16H19N3O/c17-15-5-6-16(20)19(12-15)10-9-18-8-7-13-3-1-2-4-14(13)11-18/h1-6,12H,7-11,17H2. The lowest BCUT2D eigenvalue weighted by molar-refractivity contribution is 0.243. The van der Waals surface area contributed by atoms with Crippen LogP contribution in [-0.2, 0) is 19.5 Å². The Morgan fingerprint density at radius 3 is 2.70 bits per heavy atom. The minimum Gasteiger partial charge on any atom is -0.398 e. The molecule has 0 radical (unpaired) electrons. The van der Waals surface area contributed by atoms with E-state index in [9.17, 15) is 4.79 Å². The van der Waals surface area contributed by atoms with Gasteiger partial charge >= 0.3 is 0 Å². The Kier molecular flexibility index (Phi) is 3.56. The third-order valence-electron chi connectivity index (χ3n) is 3.87. The van der Waals surface area contributed by atoms with Crippen LogP contribution in [0.2, 0.25) is 0 Å². The van der Waals surface area contributed by atoms with Crippen LogP contribution in [0.1, 0.15) is 11.1 Å². The second kappa shape index (κ2) is 5.51. The average Bonchev–Trinajstić information content (AvgIpc) is 2.48. The smallest absolute Gasteiger partial charge is 0.250 e. The van der Waals surface area contributed by atoms with Crippen molar-refractivity contribution in [3.8, 4) is 0 Å². The van der Waals surface area contributed by atoms with Crippen molar-refractivity contribution in [2.45, 2.75) is 19.5 Å². The third kappa shape index (κ3) is 2.75. The molecule has 1 aliphatic heterocycles. The van der Waals surface area contributed by atoms with Crippen molar-refractivity contribution in [3.63, 3.8) is 0 Å². The summed E-state index contributed by atoms with van der Waals surface area (Å²) < 4.78 is 1.69. The van der Waals surface area contributed by atoms with E-state index in [0.717, 1.165) is 26.1 Å². The quantitative estimate of drug-likeness (QED) is 0.918. The van der Waals surface area contributed by atoms with Gasteiger partial charge in [0.25, 0.3) is 5.56 Å². The number of anilines is 1. The third-order valence-corrected chi connectivity index (χ3v) is 3.87. The molecule has 0 fully saturated rings. The monoisotopic (exact) mass is 269 g/mol. The second-order valence-electron chi connectivity index (χ2n) is 5.29. The first kappa shape index (κ1) is 12.9. The molecule has 4 nitrogen and oxygen atoms in total. The first-order chi connectivity index (χ1) is 9.72.